The van der Waals surface area contributed by atoms with Gasteiger partial charge in [-0.15, -0.1) is 12.4 Å². The van der Waals surface area contributed by atoms with Crippen molar-refractivity contribution in [2.45, 2.75) is 38.6 Å². The molecular formula is C13H22ClN3. The molecule has 0 amide bonds. The summed E-state index contributed by atoms with van der Waals surface area (Å²) in [4.78, 5) is 0. The molecular weight excluding hydrogens is 234 g/mol. The molecule has 2 aliphatic rings. The van der Waals surface area contributed by atoms with Gasteiger partial charge >= 0.3 is 0 Å². The molecule has 2 fully saturated rings. The molecule has 3 rings (SSSR count). The number of rotatable bonds is 5. The Morgan fingerprint density at radius 3 is 2.94 bits per heavy atom. The van der Waals surface area contributed by atoms with Gasteiger partial charge in [-0.25, -0.2) is 0 Å². The standard InChI is InChI=1S/C13H21N3.ClH/c1-2-11-7-10(1)8-12(11)3-5-14-9-13-4-6-15-16-13;/h4,6,10-12,14H,1-3,5,7-9H2,(H,15,16);1H. The van der Waals surface area contributed by atoms with Crippen molar-refractivity contribution >= 4 is 12.4 Å². The zero-order valence-corrected chi connectivity index (χ0v) is 11.0. The molecule has 4 heteroatoms. The van der Waals surface area contributed by atoms with Gasteiger partial charge in [0.05, 0.1) is 0 Å². The largest absolute Gasteiger partial charge is 0.311 e. The highest BCUT2D eigenvalue weighted by atomic mass is 35.5. The van der Waals surface area contributed by atoms with Crippen molar-refractivity contribution in [2.24, 2.45) is 17.8 Å². The summed E-state index contributed by atoms with van der Waals surface area (Å²) < 4.78 is 0. The Balaban J connectivity index is 0.00000108. The number of fused-ring (bicyclic) bond motifs is 2. The van der Waals surface area contributed by atoms with Gasteiger partial charge in [-0.05, 0) is 56.0 Å². The Labute approximate surface area is 109 Å². The minimum absolute atomic E-state index is 0. The monoisotopic (exact) mass is 255 g/mol. The van der Waals surface area contributed by atoms with Crippen LogP contribution in [-0.4, -0.2) is 16.7 Å². The molecule has 0 saturated heterocycles. The van der Waals surface area contributed by atoms with Crippen molar-refractivity contribution in [3.63, 3.8) is 0 Å². The highest BCUT2D eigenvalue weighted by Crippen LogP contribution is 2.49. The molecule has 17 heavy (non-hydrogen) atoms. The lowest BCUT2D eigenvalue weighted by atomic mass is 9.86. The van der Waals surface area contributed by atoms with E-state index in [0.29, 0.717) is 0 Å². The van der Waals surface area contributed by atoms with E-state index in [1.807, 2.05) is 12.3 Å². The van der Waals surface area contributed by atoms with Crippen molar-refractivity contribution < 1.29 is 0 Å². The molecule has 2 N–H and O–H groups in total. The van der Waals surface area contributed by atoms with E-state index in [0.717, 1.165) is 30.8 Å². The average Bonchev–Trinajstić information content (AvgIpc) is 3.01. The maximum Gasteiger partial charge on any atom is 0.0490 e. The van der Waals surface area contributed by atoms with E-state index in [1.54, 1.807) is 0 Å². The van der Waals surface area contributed by atoms with Gasteiger partial charge in [0, 0.05) is 18.4 Å². The molecule has 2 aliphatic carbocycles. The van der Waals surface area contributed by atoms with Gasteiger partial charge < -0.3 is 5.32 Å². The third-order valence-corrected chi connectivity index (χ3v) is 4.45. The number of hydrogen-bond donors (Lipinski definition) is 2. The van der Waals surface area contributed by atoms with Crippen LogP contribution in [0.3, 0.4) is 0 Å². The third-order valence-electron chi connectivity index (χ3n) is 4.45. The summed E-state index contributed by atoms with van der Waals surface area (Å²) in [6, 6.07) is 2.03. The summed E-state index contributed by atoms with van der Waals surface area (Å²) in [6.45, 7) is 2.09. The smallest absolute Gasteiger partial charge is 0.0490 e. The van der Waals surface area contributed by atoms with Crippen molar-refractivity contribution in [3.05, 3.63) is 18.0 Å². The molecule has 1 heterocycles. The van der Waals surface area contributed by atoms with Crippen LogP contribution in [0.2, 0.25) is 0 Å². The predicted molar refractivity (Wildman–Crippen MR) is 71.1 cm³/mol. The van der Waals surface area contributed by atoms with Crippen LogP contribution in [0.15, 0.2) is 12.3 Å². The lowest BCUT2D eigenvalue weighted by molar-refractivity contribution is 0.310. The zero-order valence-electron chi connectivity index (χ0n) is 10.2. The molecule has 1 aromatic rings. The highest BCUT2D eigenvalue weighted by Gasteiger charge is 2.38. The van der Waals surface area contributed by atoms with Crippen LogP contribution in [0.5, 0.6) is 0 Å². The summed E-state index contributed by atoms with van der Waals surface area (Å²) in [7, 11) is 0. The molecule has 0 spiro atoms. The lowest BCUT2D eigenvalue weighted by Crippen LogP contribution is -2.20. The Bertz CT molecular complexity index is 325. The van der Waals surface area contributed by atoms with E-state index < -0.39 is 0 Å². The average molecular weight is 256 g/mol. The summed E-state index contributed by atoms with van der Waals surface area (Å²) >= 11 is 0. The number of hydrogen-bond acceptors (Lipinski definition) is 2. The second-order valence-electron chi connectivity index (χ2n) is 5.48. The molecule has 1 aromatic heterocycles. The van der Waals surface area contributed by atoms with Crippen molar-refractivity contribution in [1.29, 1.82) is 0 Å². The normalized spacial score (nSPS) is 30.5. The minimum atomic E-state index is 0. The number of halogens is 1. The van der Waals surface area contributed by atoms with E-state index in [4.69, 9.17) is 0 Å². The molecule has 3 nitrogen and oxygen atoms in total. The van der Waals surface area contributed by atoms with Gasteiger partial charge in [-0.1, -0.05) is 6.42 Å². The number of nitrogens with zero attached hydrogens (tertiary/aromatic N) is 1. The molecule has 2 bridgehead atoms. The predicted octanol–water partition coefficient (Wildman–Crippen LogP) is 2.75. The first-order chi connectivity index (χ1) is 7.92. The Hall–Kier alpha value is -0.540. The highest BCUT2D eigenvalue weighted by molar-refractivity contribution is 5.85. The number of aromatic amines is 1. The van der Waals surface area contributed by atoms with Gasteiger partial charge in [0.2, 0.25) is 0 Å². The van der Waals surface area contributed by atoms with E-state index in [2.05, 4.69) is 15.5 Å². The van der Waals surface area contributed by atoms with E-state index in [9.17, 15) is 0 Å². The summed E-state index contributed by atoms with van der Waals surface area (Å²) in [6.07, 6.45) is 9.25. The topological polar surface area (TPSA) is 40.7 Å². The van der Waals surface area contributed by atoms with Crippen LogP contribution in [0.1, 0.15) is 37.8 Å². The third kappa shape index (κ3) is 3.02. The zero-order chi connectivity index (χ0) is 10.8. The van der Waals surface area contributed by atoms with Crippen molar-refractivity contribution in [1.82, 2.24) is 15.5 Å². The van der Waals surface area contributed by atoms with E-state index >= 15 is 0 Å². The Morgan fingerprint density at radius 1 is 1.35 bits per heavy atom. The molecule has 3 atom stereocenters. The van der Waals surface area contributed by atoms with Gasteiger partial charge in [-0.2, -0.15) is 5.10 Å². The van der Waals surface area contributed by atoms with E-state index in [1.165, 1.54) is 37.8 Å². The molecule has 96 valence electrons. The minimum Gasteiger partial charge on any atom is -0.311 e. The fraction of sp³-hybridized carbons (Fsp3) is 0.769. The second-order valence-corrected chi connectivity index (χ2v) is 5.48. The van der Waals surface area contributed by atoms with Gasteiger partial charge in [-0.3, -0.25) is 5.10 Å². The summed E-state index contributed by atoms with van der Waals surface area (Å²) in [5.74, 6) is 3.18. The quantitative estimate of drug-likeness (QED) is 0.795. The maximum atomic E-state index is 3.94. The van der Waals surface area contributed by atoms with Crippen molar-refractivity contribution in [3.8, 4) is 0 Å². The van der Waals surface area contributed by atoms with E-state index in [-0.39, 0.29) is 12.4 Å². The molecule has 0 radical (unpaired) electrons. The molecule has 3 unspecified atom stereocenters. The van der Waals surface area contributed by atoms with Crippen molar-refractivity contribution in [2.75, 3.05) is 6.54 Å². The van der Waals surface area contributed by atoms with Crippen LogP contribution >= 0.6 is 12.4 Å². The van der Waals surface area contributed by atoms with Gasteiger partial charge in [0.1, 0.15) is 0 Å². The SMILES string of the molecule is Cl.c1cc(CNCCC2CC3CCC2C3)[nH]n1. The van der Waals surface area contributed by atoms with Gasteiger partial charge in [0.25, 0.3) is 0 Å². The van der Waals surface area contributed by atoms with Crippen LogP contribution in [0.4, 0.5) is 0 Å². The lowest BCUT2D eigenvalue weighted by Gasteiger charge is -2.21. The molecule has 0 aliphatic heterocycles. The van der Waals surface area contributed by atoms with Crippen LogP contribution < -0.4 is 5.32 Å². The first kappa shape index (κ1) is 12.9. The number of nitrogens with one attached hydrogen (secondary N) is 2. The van der Waals surface area contributed by atoms with Crippen LogP contribution in [0, 0.1) is 17.8 Å². The number of H-pyrrole nitrogens is 1. The fourth-order valence-electron chi connectivity index (χ4n) is 3.62. The first-order valence-electron chi connectivity index (χ1n) is 6.61. The molecule has 2 saturated carbocycles. The Kier molecular flexibility index (Phi) is 4.46. The second kappa shape index (κ2) is 5.87. The Morgan fingerprint density at radius 2 is 2.29 bits per heavy atom. The number of aromatic nitrogens is 2. The summed E-state index contributed by atoms with van der Waals surface area (Å²) in [5, 5.41) is 10.4. The van der Waals surface area contributed by atoms with Crippen LogP contribution in [-0.2, 0) is 6.54 Å². The fourth-order valence-corrected chi connectivity index (χ4v) is 3.62. The van der Waals surface area contributed by atoms with Crippen LogP contribution in [0.25, 0.3) is 0 Å². The molecule has 0 aromatic carbocycles. The summed E-state index contributed by atoms with van der Waals surface area (Å²) in [5.41, 5.74) is 1.19. The first-order valence-corrected chi connectivity index (χ1v) is 6.61. The maximum absolute atomic E-state index is 3.94. The van der Waals surface area contributed by atoms with Gasteiger partial charge in [0.15, 0.2) is 0 Å².